The summed E-state index contributed by atoms with van der Waals surface area (Å²) in [5, 5.41) is 47.8. The minimum absolute atomic E-state index is 0.0250. The molecular formula is C22H23N5O8. The first kappa shape index (κ1) is 25.2. The lowest BCUT2D eigenvalue weighted by molar-refractivity contribution is -0.393. The van der Waals surface area contributed by atoms with E-state index in [1.165, 1.54) is 4.90 Å². The van der Waals surface area contributed by atoms with Crippen LogP contribution in [0.5, 0.6) is 0 Å². The van der Waals surface area contributed by atoms with Crippen molar-refractivity contribution in [2.75, 3.05) is 13.1 Å². The number of benzene rings is 2. The second-order valence-corrected chi connectivity index (χ2v) is 8.02. The maximum Gasteiger partial charge on any atom is 0.284 e. The first-order valence-electron chi connectivity index (χ1n) is 11.0. The van der Waals surface area contributed by atoms with E-state index >= 15 is 0 Å². The number of non-ortho nitro benzene ring substituents is 2. The van der Waals surface area contributed by atoms with Crippen LogP contribution in [0, 0.1) is 30.3 Å². The highest BCUT2D eigenvalue weighted by Crippen LogP contribution is 2.48. The Bertz CT molecular complexity index is 1250. The third kappa shape index (κ3) is 4.65. The molecule has 13 nitrogen and oxygen atoms in total. The van der Waals surface area contributed by atoms with E-state index in [-0.39, 0.29) is 33.5 Å². The predicted octanol–water partition coefficient (Wildman–Crippen LogP) is 4.66. The van der Waals surface area contributed by atoms with Gasteiger partial charge < -0.3 is 10.1 Å². The van der Waals surface area contributed by atoms with Gasteiger partial charge >= 0.3 is 0 Å². The number of hydrogen-bond acceptors (Lipinski definition) is 9. The number of nitro groups is 3. The molecular weight excluding hydrogens is 462 g/mol. The summed E-state index contributed by atoms with van der Waals surface area (Å²) in [4.78, 5) is 47.7. The smallest absolute Gasteiger partial charge is 0.284 e. The Labute approximate surface area is 199 Å². The standard InChI is InChI=1S/C22H23N5O8/c1-3-5-7-24(8-6-4-2)22(28)17-11-13(25(30)31)9-15-19(17)20-16(21(15)23-29)10-14(26(32)33)12-18(20)27(34)35/h9-12,29H,3-8H2,1-2H3/b23-21-. The number of nitrogens with zero attached hydrogens (tertiary/aromatic N) is 5. The van der Waals surface area contributed by atoms with Crippen LogP contribution in [0.15, 0.2) is 29.4 Å². The number of unbranched alkanes of at least 4 members (excludes halogenated alkanes) is 2. The lowest BCUT2D eigenvalue weighted by Crippen LogP contribution is -2.33. The summed E-state index contributed by atoms with van der Waals surface area (Å²) in [5.41, 5.74) is -2.71. The van der Waals surface area contributed by atoms with Crippen LogP contribution in [0.3, 0.4) is 0 Å². The molecule has 0 saturated carbocycles. The van der Waals surface area contributed by atoms with Crippen molar-refractivity contribution in [3.8, 4) is 11.1 Å². The summed E-state index contributed by atoms with van der Waals surface area (Å²) in [6.45, 7) is 4.65. The van der Waals surface area contributed by atoms with Crippen LogP contribution in [-0.4, -0.2) is 49.6 Å². The molecule has 0 aromatic heterocycles. The van der Waals surface area contributed by atoms with Crippen molar-refractivity contribution < 1.29 is 24.8 Å². The van der Waals surface area contributed by atoms with Crippen LogP contribution in [0.4, 0.5) is 17.1 Å². The molecule has 1 aliphatic carbocycles. The number of oxime groups is 1. The molecule has 0 saturated heterocycles. The molecule has 184 valence electrons. The molecule has 1 aliphatic rings. The van der Waals surface area contributed by atoms with Crippen molar-refractivity contribution in [1.82, 2.24) is 4.90 Å². The second-order valence-electron chi connectivity index (χ2n) is 8.02. The van der Waals surface area contributed by atoms with Crippen LogP contribution in [-0.2, 0) is 0 Å². The van der Waals surface area contributed by atoms with Gasteiger partial charge in [0, 0.05) is 48.0 Å². The van der Waals surface area contributed by atoms with Gasteiger partial charge in [-0.25, -0.2) is 0 Å². The average molecular weight is 485 g/mol. The highest BCUT2D eigenvalue weighted by Gasteiger charge is 2.40. The zero-order valence-corrected chi connectivity index (χ0v) is 19.1. The molecule has 0 atom stereocenters. The highest BCUT2D eigenvalue weighted by molar-refractivity contribution is 6.28. The largest absolute Gasteiger partial charge is 0.410 e. The van der Waals surface area contributed by atoms with Crippen LogP contribution < -0.4 is 0 Å². The minimum Gasteiger partial charge on any atom is -0.410 e. The van der Waals surface area contributed by atoms with Crippen molar-refractivity contribution in [2.45, 2.75) is 39.5 Å². The zero-order chi connectivity index (χ0) is 25.9. The van der Waals surface area contributed by atoms with E-state index in [4.69, 9.17) is 0 Å². The summed E-state index contributed by atoms with van der Waals surface area (Å²) < 4.78 is 0. The fraction of sp³-hybridized carbons (Fsp3) is 0.364. The first-order valence-corrected chi connectivity index (χ1v) is 11.0. The Morgan fingerprint density at radius 2 is 1.37 bits per heavy atom. The summed E-state index contributed by atoms with van der Waals surface area (Å²) in [6, 6.07) is 3.83. The van der Waals surface area contributed by atoms with E-state index in [1.54, 1.807) is 0 Å². The van der Waals surface area contributed by atoms with Gasteiger partial charge in [-0.1, -0.05) is 31.8 Å². The highest BCUT2D eigenvalue weighted by atomic mass is 16.6. The van der Waals surface area contributed by atoms with E-state index in [9.17, 15) is 40.3 Å². The Hall–Kier alpha value is -4.42. The predicted molar refractivity (Wildman–Crippen MR) is 125 cm³/mol. The zero-order valence-electron chi connectivity index (χ0n) is 19.1. The van der Waals surface area contributed by atoms with Crippen LogP contribution in [0.2, 0.25) is 0 Å². The number of amides is 1. The molecule has 2 aromatic rings. The van der Waals surface area contributed by atoms with Gasteiger partial charge in [0.2, 0.25) is 0 Å². The second kappa shape index (κ2) is 10.2. The topological polar surface area (TPSA) is 182 Å². The summed E-state index contributed by atoms with van der Waals surface area (Å²) in [7, 11) is 0. The van der Waals surface area contributed by atoms with Gasteiger partial charge in [0.1, 0.15) is 5.71 Å². The van der Waals surface area contributed by atoms with Crippen molar-refractivity contribution in [1.29, 1.82) is 0 Å². The van der Waals surface area contributed by atoms with E-state index in [0.29, 0.717) is 25.9 Å². The van der Waals surface area contributed by atoms with Gasteiger partial charge in [-0.15, -0.1) is 0 Å². The lowest BCUT2D eigenvalue weighted by atomic mass is 9.96. The van der Waals surface area contributed by atoms with E-state index in [0.717, 1.165) is 37.1 Å². The Balaban J connectivity index is 2.37. The third-order valence-corrected chi connectivity index (χ3v) is 5.78. The van der Waals surface area contributed by atoms with Crippen LogP contribution >= 0.6 is 0 Å². The van der Waals surface area contributed by atoms with E-state index in [1.807, 2.05) is 13.8 Å². The molecule has 0 fully saturated rings. The Kier molecular flexibility index (Phi) is 7.37. The molecule has 0 bridgehead atoms. The quantitative estimate of drug-likeness (QED) is 0.244. The fourth-order valence-corrected chi connectivity index (χ4v) is 4.10. The molecule has 0 spiro atoms. The first-order chi connectivity index (χ1) is 16.7. The maximum absolute atomic E-state index is 13.7. The molecule has 13 heteroatoms. The minimum atomic E-state index is -0.836. The van der Waals surface area contributed by atoms with E-state index < -0.39 is 37.7 Å². The van der Waals surface area contributed by atoms with Crippen molar-refractivity contribution in [3.05, 3.63) is 71.3 Å². The molecule has 1 amide bonds. The maximum atomic E-state index is 13.7. The summed E-state index contributed by atoms with van der Waals surface area (Å²) >= 11 is 0. The fourth-order valence-electron chi connectivity index (χ4n) is 4.10. The number of fused-ring (bicyclic) bond motifs is 3. The van der Waals surface area contributed by atoms with Gasteiger partial charge in [0.05, 0.1) is 32.0 Å². The lowest BCUT2D eigenvalue weighted by Gasteiger charge is -2.23. The van der Waals surface area contributed by atoms with Gasteiger partial charge in [-0.2, -0.15) is 0 Å². The molecule has 0 radical (unpaired) electrons. The Morgan fingerprint density at radius 1 is 0.857 bits per heavy atom. The van der Waals surface area contributed by atoms with Crippen molar-refractivity contribution in [2.24, 2.45) is 5.16 Å². The molecule has 2 aromatic carbocycles. The molecule has 3 rings (SSSR count). The molecule has 0 unspecified atom stereocenters. The van der Waals surface area contributed by atoms with Gasteiger partial charge in [0.15, 0.2) is 0 Å². The molecule has 35 heavy (non-hydrogen) atoms. The van der Waals surface area contributed by atoms with Gasteiger partial charge in [-0.3, -0.25) is 35.1 Å². The number of nitro benzene ring substituents is 3. The average Bonchev–Trinajstić information content (AvgIpc) is 3.15. The summed E-state index contributed by atoms with van der Waals surface area (Å²) in [5.74, 6) is -0.565. The normalized spacial score (nSPS) is 12.8. The number of hydrogen-bond donors (Lipinski definition) is 1. The molecule has 1 N–H and O–H groups in total. The molecule has 0 aliphatic heterocycles. The Morgan fingerprint density at radius 3 is 1.83 bits per heavy atom. The van der Waals surface area contributed by atoms with Crippen LogP contribution in [0.1, 0.15) is 61.0 Å². The van der Waals surface area contributed by atoms with Crippen molar-refractivity contribution >= 4 is 28.7 Å². The van der Waals surface area contributed by atoms with Crippen molar-refractivity contribution in [3.63, 3.8) is 0 Å². The van der Waals surface area contributed by atoms with E-state index in [2.05, 4.69) is 5.16 Å². The van der Waals surface area contributed by atoms with Crippen LogP contribution in [0.25, 0.3) is 11.1 Å². The number of carbonyl (C=O) groups excluding carboxylic acids is 1. The summed E-state index contributed by atoms with van der Waals surface area (Å²) in [6.07, 6.45) is 2.95. The SMILES string of the molecule is CCCCN(CCCC)C(=O)c1cc([N+](=O)[O-])cc2c1-c1c(cc([N+](=O)[O-])cc1[N+](=O)[O-])/C2=N\O. The third-order valence-electron chi connectivity index (χ3n) is 5.78. The number of carbonyl (C=O) groups is 1. The molecule has 0 heterocycles. The van der Waals surface area contributed by atoms with Gasteiger partial charge in [0.25, 0.3) is 23.0 Å². The van der Waals surface area contributed by atoms with Gasteiger partial charge in [-0.05, 0) is 12.8 Å². The number of rotatable bonds is 10. The monoisotopic (exact) mass is 485 g/mol.